The number of nitrogens with zero attached hydrogens (tertiary/aromatic N) is 2. The SMILES string of the molecule is CCOC(=O)c1cc(-c2ccccc2)n(CC(=O)N[C@@H]2C(=O)N3C(C(=O)O)=C(COC(C)=O)CSC23)c1C. The molecule has 1 fully saturated rings. The molecule has 0 spiro atoms. The van der Waals surface area contributed by atoms with E-state index in [-0.39, 0.29) is 31.2 Å². The number of benzene rings is 1. The van der Waals surface area contributed by atoms with Gasteiger partial charge >= 0.3 is 17.9 Å². The monoisotopic (exact) mass is 541 g/mol. The lowest BCUT2D eigenvalue weighted by molar-refractivity contribution is -0.151. The van der Waals surface area contributed by atoms with Crippen molar-refractivity contribution in [2.75, 3.05) is 19.0 Å². The summed E-state index contributed by atoms with van der Waals surface area (Å²) in [7, 11) is 0. The highest BCUT2D eigenvalue weighted by Gasteiger charge is 2.54. The van der Waals surface area contributed by atoms with Crippen molar-refractivity contribution in [3.63, 3.8) is 0 Å². The summed E-state index contributed by atoms with van der Waals surface area (Å²) in [5.41, 5.74) is 2.40. The van der Waals surface area contributed by atoms with E-state index < -0.39 is 41.1 Å². The van der Waals surface area contributed by atoms with Gasteiger partial charge < -0.3 is 24.5 Å². The van der Waals surface area contributed by atoms with Crippen LogP contribution in [0.25, 0.3) is 11.3 Å². The molecule has 2 amide bonds. The highest BCUT2D eigenvalue weighted by molar-refractivity contribution is 8.00. The van der Waals surface area contributed by atoms with Crippen molar-refractivity contribution in [1.82, 2.24) is 14.8 Å². The molecular weight excluding hydrogens is 514 g/mol. The smallest absolute Gasteiger partial charge is 0.352 e. The first-order chi connectivity index (χ1) is 18.1. The lowest BCUT2D eigenvalue weighted by Crippen LogP contribution is -2.70. The summed E-state index contributed by atoms with van der Waals surface area (Å²) in [6.07, 6.45) is 0. The van der Waals surface area contributed by atoms with Crippen LogP contribution in [0, 0.1) is 6.92 Å². The first kappa shape index (κ1) is 27.0. The number of aliphatic carboxylic acids is 1. The second-order valence-corrected chi connectivity index (χ2v) is 9.80. The van der Waals surface area contributed by atoms with E-state index in [0.717, 1.165) is 10.5 Å². The van der Waals surface area contributed by atoms with Crippen LogP contribution in [0.4, 0.5) is 0 Å². The molecule has 3 heterocycles. The molecule has 0 saturated carbocycles. The van der Waals surface area contributed by atoms with E-state index in [1.807, 2.05) is 30.3 Å². The van der Waals surface area contributed by atoms with Crippen molar-refractivity contribution >= 4 is 41.5 Å². The maximum Gasteiger partial charge on any atom is 0.352 e. The number of rotatable bonds is 9. The summed E-state index contributed by atoms with van der Waals surface area (Å²) < 4.78 is 11.8. The predicted octanol–water partition coefficient (Wildman–Crippen LogP) is 1.94. The van der Waals surface area contributed by atoms with Gasteiger partial charge in [0.05, 0.1) is 12.2 Å². The standard InChI is InChI=1S/C26H27N3O8S/c1-4-36-26(35)18-10-19(16-8-6-5-7-9-16)28(14(18)2)11-20(31)27-21-23(32)29-22(25(33)34)17(12-37-15(3)30)13-38-24(21)29/h5-10,21,24H,4,11-13H2,1-3H3,(H,27,31)(H,33,34)/t21-,24?/m1/s1. The number of nitrogens with one attached hydrogen (secondary N) is 1. The second-order valence-electron chi connectivity index (χ2n) is 8.69. The van der Waals surface area contributed by atoms with Crippen molar-refractivity contribution in [2.45, 2.75) is 38.7 Å². The van der Waals surface area contributed by atoms with Crippen LogP contribution in [-0.4, -0.2) is 74.7 Å². The van der Waals surface area contributed by atoms with Crippen LogP contribution in [0.2, 0.25) is 0 Å². The molecule has 4 rings (SSSR count). The first-order valence-corrected chi connectivity index (χ1v) is 12.9. The molecule has 200 valence electrons. The molecule has 11 nitrogen and oxygen atoms in total. The molecule has 0 radical (unpaired) electrons. The van der Waals surface area contributed by atoms with Gasteiger partial charge in [-0.1, -0.05) is 30.3 Å². The number of carboxylic acid groups (broad SMARTS) is 1. The molecule has 2 atom stereocenters. The van der Waals surface area contributed by atoms with Crippen LogP contribution in [0.1, 0.15) is 29.9 Å². The number of thioether (sulfide) groups is 1. The number of ether oxygens (including phenoxy) is 2. The average Bonchev–Trinajstić information content (AvgIpc) is 3.21. The zero-order valence-electron chi connectivity index (χ0n) is 21.1. The minimum atomic E-state index is -1.31. The van der Waals surface area contributed by atoms with E-state index in [1.165, 1.54) is 18.7 Å². The molecule has 38 heavy (non-hydrogen) atoms. The number of carbonyl (C=O) groups is 5. The van der Waals surface area contributed by atoms with Gasteiger partial charge in [0.1, 0.15) is 30.3 Å². The van der Waals surface area contributed by atoms with E-state index in [1.54, 1.807) is 24.5 Å². The summed E-state index contributed by atoms with van der Waals surface area (Å²) >= 11 is 1.28. The van der Waals surface area contributed by atoms with E-state index in [4.69, 9.17) is 9.47 Å². The Kier molecular flexibility index (Phi) is 7.91. The molecule has 1 unspecified atom stereocenters. The Labute approximate surface area is 222 Å². The minimum Gasteiger partial charge on any atom is -0.477 e. The Morgan fingerprint density at radius 2 is 1.87 bits per heavy atom. The number of hydrogen-bond acceptors (Lipinski definition) is 8. The van der Waals surface area contributed by atoms with Gasteiger partial charge in [-0.2, -0.15) is 0 Å². The van der Waals surface area contributed by atoms with Crippen molar-refractivity contribution in [3.05, 3.63) is 58.9 Å². The molecule has 0 aliphatic carbocycles. The van der Waals surface area contributed by atoms with Crippen LogP contribution < -0.4 is 5.32 Å². The Morgan fingerprint density at radius 3 is 2.50 bits per heavy atom. The fourth-order valence-electron chi connectivity index (χ4n) is 4.46. The van der Waals surface area contributed by atoms with Crippen molar-refractivity contribution < 1.29 is 38.6 Å². The summed E-state index contributed by atoms with van der Waals surface area (Å²) in [5, 5.41) is 11.8. The number of carbonyl (C=O) groups excluding carboxylic acids is 4. The fourth-order valence-corrected chi connectivity index (χ4v) is 5.79. The quantitative estimate of drug-likeness (QED) is 0.359. The van der Waals surface area contributed by atoms with Crippen LogP contribution >= 0.6 is 11.8 Å². The Hall–Kier alpha value is -4.06. The van der Waals surface area contributed by atoms with Gasteiger partial charge in [-0.05, 0) is 25.5 Å². The van der Waals surface area contributed by atoms with Gasteiger partial charge in [0, 0.05) is 29.6 Å². The molecular formula is C26H27N3O8S. The number of β-lactam (4-membered cyclic amide) rings is 1. The topological polar surface area (TPSA) is 144 Å². The van der Waals surface area contributed by atoms with Crippen LogP contribution in [0.15, 0.2) is 47.7 Å². The molecule has 0 bridgehead atoms. The van der Waals surface area contributed by atoms with Gasteiger partial charge in [-0.3, -0.25) is 19.3 Å². The van der Waals surface area contributed by atoms with Gasteiger partial charge in [0.15, 0.2) is 0 Å². The van der Waals surface area contributed by atoms with Gasteiger partial charge in [-0.15, -0.1) is 11.8 Å². The Morgan fingerprint density at radius 1 is 1.16 bits per heavy atom. The molecule has 1 aromatic heterocycles. The van der Waals surface area contributed by atoms with Gasteiger partial charge in [0.2, 0.25) is 5.91 Å². The second kappa shape index (κ2) is 11.1. The summed E-state index contributed by atoms with van der Waals surface area (Å²) in [4.78, 5) is 62.7. The van der Waals surface area contributed by atoms with E-state index in [9.17, 15) is 29.1 Å². The van der Waals surface area contributed by atoms with Gasteiger partial charge in [-0.25, -0.2) is 9.59 Å². The lowest BCUT2D eigenvalue weighted by atomic mass is 10.0. The van der Waals surface area contributed by atoms with E-state index >= 15 is 0 Å². The predicted molar refractivity (Wildman–Crippen MR) is 137 cm³/mol. The number of fused-ring (bicyclic) bond motifs is 1. The zero-order chi connectivity index (χ0) is 27.6. The average molecular weight is 542 g/mol. The summed E-state index contributed by atoms with van der Waals surface area (Å²) in [5.74, 6) is -3.17. The third kappa shape index (κ3) is 5.17. The number of hydrogen-bond donors (Lipinski definition) is 2. The molecule has 12 heteroatoms. The van der Waals surface area contributed by atoms with Gasteiger partial charge in [0.25, 0.3) is 5.91 Å². The van der Waals surface area contributed by atoms with Crippen LogP contribution in [0.3, 0.4) is 0 Å². The van der Waals surface area contributed by atoms with E-state index in [0.29, 0.717) is 22.5 Å². The highest BCUT2D eigenvalue weighted by Crippen LogP contribution is 2.40. The number of amides is 2. The zero-order valence-corrected chi connectivity index (χ0v) is 21.9. The molecule has 1 aromatic carbocycles. The largest absolute Gasteiger partial charge is 0.477 e. The summed E-state index contributed by atoms with van der Waals surface area (Å²) in [6, 6.07) is 10.0. The molecule has 1 saturated heterocycles. The Balaban J connectivity index is 1.54. The number of esters is 2. The molecule has 2 aromatic rings. The highest BCUT2D eigenvalue weighted by atomic mass is 32.2. The van der Waals surface area contributed by atoms with E-state index in [2.05, 4.69) is 5.32 Å². The van der Waals surface area contributed by atoms with Crippen molar-refractivity contribution in [3.8, 4) is 11.3 Å². The third-order valence-electron chi connectivity index (χ3n) is 6.25. The lowest BCUT2D eigenvalue weighted by Gasteiger charge is -2.49. The molecule has 2 aliphatic rings. The number of carboxylic acids is 1. The fraction of sp³-hybridized carbons (Fsp3) is 0.346. The minimum absolute atomic E-state index is 0.171. The third-order valence-corrected chi connectivity index (χ3v) is 7.59. The van der Waals surface area contributed by atoms with Crippen molar-refractivity contribution in [2.24, 2.45) is 0 Å². The summed E-state index contributed by atoms with van der Waals surface area (Å²) in [6.45, 7) is 4.45. The van der Waals surface area contributed by atoms with Crippen LogP contribution in [0.5, 0.6) is 0 Å². The van der Waals surface area contributed by atoms with Crippen molar-refractivity contribution in [1.29, 1.82) is 0 Å². The number of aromatic nitrogens is 1. The maximum atomic E-state index is 13.1. The normalized spacial score (nSPS) is 18.4. The maximum absolute atomic E-state index is 13.1. The molecule has 2 N–H and O–H groups in total. The molecule has 2 aliphatic heterocycles. The first-order valence-electron chi connectivity index (χ1n) is 11.9. The van der Waals surface area contributed by atoms with Crippen LogP contribution in [-0.2, 0) is 35.2 Å². The Bertz CT molecular complexity index is 1330.